The Kier molecular flexibility index (Phi) is 2.72. The normalized spacial score (nSPS) is 10.1. The summed E-state index contributed by atoms with van der Waals surface area (Å²) < 4.78 is 12.9. The fourth-order valence-electron chi connectivity index (χ4n) is 1.45. The van der Waals surface area contributed by atoms with Crippen molar-refractivity contribution in [3.63, 3.8) is 0 Å². The standard InChI is InChI=1S/C12H9FN2O/c1-8-4-10(13)2-3-11(8)12(16)9-5-14-7-15-6-9/h2-7H,1H3. The average Bonchev–Trinajstić information content (AvgIpc) is 2.29. The molecular formula is C12H9FN2O. The SMILES string of the molecule is Cc1cc(F)ccc1C(=O)c1cncnc1. The highest BCUT2D eigenvalue weighted by Crippen LogP contribution is 2.14. The van der Waals surface area contributed by atoms with Crippen LogP contribution in [0.15, 0.2) is 36.9 Å². The van der Waals surface area contributed by atoms with Crippen LogP contribution in [0.25, 0.3) is 0 Å². The first-order chi connectivity index (χ1) is 7.68. The van der Waals surface area contributed by atoms with Crippen molar-refractivity contribution < 1.29 is 9.18 Å². The Bertz CT molecular complexity index is 526. The largest absolute Gasteiger partial charge is 0.288 e. The molecule has 3 nitrogen and oxygen atoms in total. The van der Waals surface area contributed by atoms with E-state index < -0.39 is 0 Å². The third kappa shape index (κ3) is 1.95. The molecule has 0 N–H and O–H groups in total. The summed E-state index contributed by atoms with van der Waals surface area (Å²) in [5.41, 5.74) is 1.47. The molecule has 0 amide bonds. The van der Waals surface area contributed by atoms with Crippen LogP contribution in [0.2, 0.25) is 0 Å². The molecule has 0 fully saturated rings. The van der Waals surface area contributed by atoms with Crippen LogP contribution in [-0.2, 0) is 0 Å². The molecular weight excluding hydrogens is 207 g/mol. The van der Waals surface area contributed by atoms with Crippen LogP contribution in [0.3, 0.4) is 0 Å². The average molecular weight is 216 g/mol. The number of hydrogen-bond donors (Lipinski definition) is 0. The quantitative estimate of drug-likeness (QED) is 0.722. The van der Waals surface area contributed by atoms with Gasteiger partial charge in [-0.25, -0.2) is 14.4 Å². The molecule has 0 saturated heterocycles. The molecule has 0 spiro atoms. The molecule has 0 saturated carbocycles. The van der Waals surface area contributed by atoms with Crippen LogP contribution in [0.5, 0.6) is 0 Å². The van der Waals surface area contributed by atoms with Crippen LogP contribution in [0, 0.1) is 12.7 Å². The minimum absolute atomic E-state index is 0.196. The molecule has 0 aliphatic heterocycles. The number of aromatic nitrogens is 2. The Morgan fingerprint density at radius 3 is 2.56 bits per heavy atom. The molecule has 2 aromatic rings. The lowest BCUT2D eigenvalue weighted by Gasteiger charge is -2.04. The fraction of sp³-hybridized carbons (Fsp3) is 0.0833. The van der Waals surface area contributed by atoms with Crippen LogP contribution in [0.4, 0.5) is 4.39 Å². The zero-order valence-corrected chi connectivity index (χ0v) is 8.64. The number of carbonyl (C=O) groups is 1. The summed E-state index contributed by atoms with van der Waals surface area (Å²) in [4.78, 5) is 19.5. The smallest absolute Gasteiger partial charge is 0.196 e. The van der Waals surface area contributed by atoms with E-state index in [1.807, 2.05) is 0 Å². The van der Waals surface area contributed by atoms with E-state index in [0.29, 0.717) is 16.7 Å². The van der Waals surface area contributed by atoms with Crippen molar-refractivity contribution in [2.75, 3.05) is 0 Å². The lowest BCUT2D eigenvalue weighted by Crippen LogP contribution is -2.04. The minimum Gasteiger partial charge on any atom is -0.288 e. The second-order valence-corrected chi connectivity index (χ2v) is 3.42. The van der Waals surface area contributed by atoms with Crippen LogP contribution >= 0.6 is 0 Å². The van der Waals surface area contributed by atoms with Crippen molar-refractivity contribution in [3.8, 4) is 0 Å². The molecule has 0 aliphatic carbocycles. The zero-order valence-electron chi connectivity index (χ0n) is 8.64. The number of benzene rings is 1. The van der Waals surface area contributed by atoms with Crippen molar-refractivity contribution in [2.45, 2.75) is 6.92 Å². The number of halogens is 1. The number of carbonyl (C=O) groups excluding carboxylic acids is 1. The Balaban J connectivity index is 2.42. The first kappa shape index (κ1) is 10.4. The molecule has 1 aromatic heterocycles. The van der Waals surface area contributed by atoms with Crippen molar-refractivity contribution in [3.05, 3.63) is 59.4 Å². The number of nitrogens with zero attached hydrogens (tertiary/aromatic N) is 2. The molecule has 16 heavy (non-hydrogen) atoms. The molecule has 0 atom stereocenters. The van der Waals surface area contributed by atoms with Gasteiger partial charge >= 0.3 is 0 Å². The van der Waals surface area contributed by atoms with Gasteiger partial charge in [-0.2, -0.15) is 0 Å². The molecule has 0 bridgehead atoms. The Morgan fingerprint density at radius 1 is 1.25 bits per heavy atom. The van der Waals surface area contributed by atoms with Gasteiger partial charge in [0.2, 0.25) is 0 Å². The number of ketones is 1. The molecule has 0 radical (unpaired) electrons. The van der Waals surface area contributed by atoms with Gasteiger partial charge in [0.05, 0.1) is 5.56 Å². The third-order valence-corrected chi connectivity index (χ3v) is 2.26. The third-order valence-electron chi connectivity index (χ3n) is 2.26. The molecule has 0 unspecified atom stereocenters. The number of hydrogen-bond acceptors (Lipinski definition) is 3. The van der Waals surface area contributed by atoms with Crippen LogP contribution in [-0.4, -0.2) is 15.8 Å². The summed E-state index contributed by atoms with van der Waals surface area (Å²) in [7, 11) is 0. The lowest BCUT2D eigenvalue weighted by atomic mass is 10.0. The predicted molar refractivity (Wildman–Crippen MR) is 56.6 cm³/mol. The molecule has 1 aromatic carbocycles. The van der Waals surface area contributed by atoms with E-state index in [1.54, 1.807) is 6.92 Å². The lowest BCUT2D eigenvalue weighted by molar-refractivity contribution is 0.103. The van der Waals surface area contributed by atoms with E-state index in [2.05, 4.69) is 9.97 Å². The Labute approximate surface area is 92.0 Å². The van der Waals surface area contributed by atoms with Crippen LogP contribution < -0.4 is 0 Å². The molecule has 0 aliphatic rings. The van der Waals surface area contributed by atoms with Gasteiger partial charge in [0, 0.05) is 18.0 Å². The zero-order chi connectivity index (χ0) is 11.5. The van der Waals surface area contributed by atoms with Crippen LogP contribution in [0.1, 0.15) is 21.5 Å². The van der Waals surface area contributed by atoms with E-state index in [4.69, 9.17) is 0 Å². The summed E-state index contributed by atoms with van der Waals surface area (Å²) in [6.07, 6.45) is 4.24. The topological polar surface area (TPSA) is 42.9 Å². The molecule has 4 heteroatoms. The summed E-state index contributed by atoms with van der Waals surface area (Å²) in [5.74, 6) is -0.545. The highest BCUT2D eigenvalue weighted by molar-refractivity contribution is 6.09. The van der Waals surface area contributed by atoms with Crippen molar-refractivity contribution in [1.82, 2.24) is 9.97 Å². The van der Waals surface area contributed by atoms with Gasteiger partial charge in [0.15, 0.2) is 5.78 Å². The predicted octanol–water partition coefficient (Wildman–Crippen LogP) is 2.16. The monoisotopic (exact) mass is 216 g/mol. The first-order valence-corrected chi connectivity index (χ1v) is 4.74. The van der Waals surface area contributed by atoms with Crippen molar-refractivity contribution in [2.24, 2.45) is 0 Å². The van der Waals surface area contributed by atoms with E-state index in [0.717, 1.165) is 0 Å². The molecule has 1 heterocycles. The summed E-state index contributed by atoms with van der Waals surface area (Å²) >= 11 is 0. The fourth-order valence-corrected chi connectivity index (χ4v) is 1.45. The van der Waals surface area contributed by atoms with Gasteiger partial charge in [-0.15, -0.1) is 0 Å². The van der Waals surface area contributed by atoms with Gasteiger partial charge < -0.3 is 0 Å². The van der Waals surface area contributed by atoms with E-state index in [9.17, 15) is 9.18 Å². The highest BCUT2D eigenvalue weighted by atomic mass is 19.1. The maximum absolute atomic E-state index is 12.9. The number of aryl methyl sites for hydroxylation is 1. The van der Waals surface area contributed by atoms with Gasteiger partial charge in [0.25, 0.3) is 0 Å². The second-order valence-electron chi connectivity index (χ2n) is 3.42. The van der Waals surface area contributed by atoms with Crippen molar-refractivity contribution in [1.29, 1.82) is 0 Å². The first-order valence-electron chi connectivity index (χ1n) is 4.74. The highest BCUT2D eigenvalue weighted by Gasteiger charge is 2.12. The van der Waals surface area contributed by atoms with Gasteiger partial charge in [-0.05, 0) is 30.7 Å². The maximum atomic E-state index is 12.9. The number of rotatable bonds is 2. The summed E-state index contributed by atoms with van der Waals surface area (Å²) in [6, 6.07) is 4.07. The molecule has 2 rings (SSSR count). The minimum atomic E-state index is -0.349. The van der Waals surface area contributed by atoms with Gasteiger partial charge in [-0.3, -0.25) is 4.79 Å². The van der Waals surface area contributed by atoms with E-state index >= 15 is 0 Å². The van der Waals surface area contributed by atoms with E-state index in [-0.39, 0.29) is 11.6 Å². The maximum Gasteiger partial charge on any atom is 0.196 e. The van der Waals surface area contributed by atoms with Crippen molar-refractivity contribution >= 4 is 5.78 Å². The summed E-state index contributed by atoms with van der Waals surface area (Å²) in [6.45, 7) is 1.69. The van der Waals surface area contributed by atoms with E-state index in [1.165, 1.54) is 36.9 Å². The van der Waals surface area contributed by atoms with Gasteiger partial charge in [-0.1, -0.05) is 0 Å². The Morgan fingerprint density at radius 2 is 1.94 bits per heavy atom. The molecule has 80 valence electrons. The Hall–Kier alpha value is -2.10. The second kappa shape index (κ2) is 4.18. The van der Waals surface area contributed by atoms with Gasteiger partial charge in [0.1, 0.15) is 12.1 Å². The summed E-state index contributed by atoms with van der Waals surface area (Å²) in [5, 5.41) is 0.